The lowest BCUT2D eigenvalue weighted by atomic mass is 10.1. The maximum atomic E-state index is 12.9. The largest absolute Gasteiger partial charge is 0.462 e. The third-order valence-corrected chi connectivity index (χ3v) is 3.38. The third-order valence-electron chi connectivity index (χ3n) is 3.38. The highest BCUT2D eigenvalue weighted by Gasteiger charge is 2.35. The van der Waals surface area contributed by atoms with Gasteiger partial charge in [-0.1, -0.05) is 12.1 Å². The minimum Gasteiger partial charge on any atom is -0.462 e. The highest BCUT2D eigenvalue weighted by molar-refractivity contribution is 5.89. The van der Waals surface area contributed by atoms with Crippen LogP contribution in [-0.2, 0) is 10.9 Å². The van der Waals surface area contributed by atoms with Crippen molar-refractivity contribution >= 4 is 5.97 Å². The summed E-state index contributed by atoms with van der Waals surface area (Å²) in [6, 6.07) is 4.97. The van der Waals surface area contributed by atoms with Gasteiger partial charge < -0.3 is 9.30 Å². The lowest BCUT2D eigenvalue weighted by Crippen LogP contribution is -2.08. The number of alkyl halides is 4. The van der Waals surface area contributed by atoms with Crippen molar-refractivity contribution in [1.29, 1.82) is 0 Å². The van der Waals surface area contributed by atoms with Gasteiger partial charge in [-0.3, -0.25) is 0 Å². The predicted molar refractivity (Wildman–Crippen MR) is 79.3 cm³/mol. The number of ether oxygens (including phenoxy) is 1. The van der Waals surface area contributed by atoms with E-state index in [4.69, 9.17) is 4.74 Å². The molecule has 8 heteroatoms. The average Bonchev–Trinajstić information content (AvgIpc) is 3.00. The van der Waals surface area contributed by atoms with Crippen molar-refractivity contribution < 1.29 is 27.1 Å². The first kappa shape index (κ1) is 18.0. The number of carbonyl (C=O) groups excluding carboxylic acids is 1. The van der Waals surface area contributed by atoms with Gasteiger partial charge in [-0.2, -0.15) is 13.2 Å². The van der Waals surface area contributed by atoms with Crippen LogP contribution in [-0.4, -0.2) is 28.8 Å². The van der Waals surface area contributed by atoms with Crippen LogP contribution in [0.25, 0.3) is 11.4 Å². The van der Waals surface area contributed by atoms with Gasteiger partial charge in [0, 0.05) is 11.8 Å². The topological polar surface area (TPSA) is 44.1 Å². The van der Waals surface area contributed by atoms with Crippen LogP contribution in [0, 0.1) is 0 Å². The number of esters is 1. The second kappa shape index (κ2) is 7.02. The molecular formula is C16H16F4N2O2. The van der Waals surface area contributed by atoms with Crippen molar-refractivity contribution in [2.75, 3.05) is 13.3 Å². The summed E-state index contributed by atoms with van der Waals surface area (Å²) in [5.74, 6) is -0.539. The number of benzene rings is 1. The summed E-state index contributed by atoms with van der Waals surface area (Å²) in [4.78, 5) is 15.2. The Morgan fingerprint density at radius 2 is 1.92 bits per heavy atom. The zero-order chi connectivity index (χ0) is 17.9. The van der Waals surface area contributed by atoms with Gasteiger partial charge >= 0.3 is 12.1 Å². The Hall–Kier alpha value is -2.38. The van der Waals surface area contributed by atoms with Crippen LogP contribution in [0.4, 0.5) is 17.6 Å². The lowest BCUT2D eigenvalue weighted by molar-refractivity contribution is -0.140. The summed E-state index contributed by atoms with van der Waals surface area (Å²) in [5, 5.41) is 0. The molecule has 1 unspecified atom stereocenters. The summed E-state index contributed by atoms with van der Waals surface area (Å²) in [6.45, 7) is 2.51. The molecule has 2 rings (SSSR count). The van der Waals surface area contributed by atoms with Crippen LogP contribution in [0.2, 0.25) is 0 Å². The molecule has 1 aromatic heterocycles. The van der Waals surface area contributed by atoms with E-state index in [1.54, 1.807) is 6.92 Å². The maximum Gasteiger partial charge on any atom is 0.434 e. The van der Waals surface area contributed by atoms with E-state index in [1.165, 1.54) is 31.2 Å². The Labute approximate surface area is 136 Å². The van der Waals surface area contributed by atoms with E-state index in [0.717, 1.165) is 10.8 Å². The van der Waals surface area contributed by atoms with Crippen LogP contribution >= 0.6 is 0 Å². The highest BCUT2D eigenvalue weighted by Crippen LogP contribution is 2.32. The molecule has 0 spiro atoms. The number of nitrogens with zero attached hydrogens (tertiary/aromatic N) is 2. The molecule has 1 atom stereocenters. The number of rotatable bonds is 5. The second-order valence-corrected chi connectivity index (χ2v) is 5.16. The van der Waals surface area contributed by atoms with Gasteiger partial charge in [0.1, 0.15) is 12.5 Å². The second-order valence-electron chi connectivity index (χ2n) is 5.16. The molecule has 24 heavy (non-hydrogen) atoms. The summed E-state index contributed by atoms with van der Waals surface area (Å²) in [6.07, 6.45) is -3.83. The molecule has 0 saturated heterocycles. The molecule has 0 N–H and O–H groups in total. The number of aromatic nitrogens is 2. The molecule has 0 aliphatic carbocycles. The molecule has 1 aromatic carbocycles. The fourth-order valence-electron chi connectivity index (χ4n) is 2.12. The number of hydrogen-bond acceptors (Lipinski definition) is 3. The van der Waals surface area contributed by atoms with Crippen LogP contribution in [0.1, 0.15) is 35.9 Å². The summed E-state index contributed by atoms with van der Waals surface area (Å²) in [5.41, 5.74) is -0.473. The third kappa shape index (κ3) is 3.74. The zero-order valence-electron chi connectivity index (χ0n) is 13.1. The SMILES string of the molecule is CCOC(=O)c1ccc(-c2nc(C(F)(F)F)cn2C(C)CF)cc1. The van der Waals surface area contributed by atoms with E-state index < -0.39 is 30.6 Å². The standard InChI is InChI=1S/C16H16F4N2O2/c1-3-24-15(23)12-6-4-11(5-7-12)14-21-13(16(18,19)20)9-22(14)10(2)8-17/h4-7,9-10H,3,8H2,1-2H3. The molecule has 0 bridgehead atoms. The first-order chi connectivity index (χ1) is 11.3. The van der Waals surface area contributed by atoms with Crippen LogP contribution < -0.4 is 0 Å². The minimum absolute atomic E-state index is 0.0112. The molecule has 0 aliphatic heterocycles. The molecule has 4 nitrogen and oxygen atoms in total. The van der Waals surface area contributed by atoms with Gasteiger partial charge in [-0.15, -0.1) is 0 Å². The average molecular weight is 344 g/mol. The van der Waals surface area contributed by atoms with Gasteiger partial charge in [0.25, 0.3) is 0 Å². The van der Waals surface area contributed by atoms with Crippen molar-refractivity contribution in [1.82, 2.24) is 9.55 Å². The van der Waals surface area contributed by atoms with Crippen LogP contribution in [0.15, 0.2) is 30.5 Å². The highest BCUT2D eigenvalue weighted by atomic mass is 19.4. The van der Waals surface area contributed by atoms with Crippen molar-refractivity contribution in [2.45, 2.75) is 26.1 Å². The summed E-state index contributed by atoms with van der Waals surface area (Å²) < 4.78 is 57.6. The Kier molecular flexibility index (Phi) is 5.26. The molecule has 0 amide bonds. The van der Waals surface area contributed by atoms with Gasteiger partial charge in [0.05, 0.1) is 18.2 Å². The normalized spacial score (nSPS) is 12.9. The van der Waals surface area contributed by atoms with Gasteiger partial charge in [0.2, 0.25) is 0 Å². The molecule has 0 radical (unpaired) electrons. The van der Waals surface area contributed by atoms with E-state index in [2.05, 4.69) is 4.98 Å². The van der Waals surface area contributed by atoms with Crippen molar-refractivity contribution in [3.05, 3.63) is 41.7 Å². The fourth-order valence-corrected chi connectivity index (χ4v) is 2.12. The fraction of sp³-hybridized carbons (Fsp3) is 0.375. The summed E-state index contributed by atoms with van der Waals surface area (Å²) >= 11 is 0. The number of imidazole rings is 1. The van der Waals surface area contributed by atoms with Crippen molar-refractivity contribution in [3.8, 4) is 11.4 Å². The van der Waals surface area contributed by atoms with Crippen molar-refractivity contribution in [3.63, 3.8) is 0 Å². The molecule has 1 heterocycles. The van der Waals surface area contributed by atoms with Gasteiger partial charge in [0.15, 0.2) is 5.69 Å². The molecule has 0 aliphatic rings. The minimum atomic E-state index is -4.62. The van der Waals surface area contributed by atoms with Gasteiger partial charge in [-0.05, 0) is 26.0 Å². The van der Waals surface area contributed by atoms with Crippen LogP contribution in [0.5, 0.6) is 0 Å². The first-order valence-corrected chi connectivity index (χ1v) is 7.27. The Morgan fingerprint density at radius 1 is 1.29 bits per heavy atom. The quantitative estimate of drug-likeness (QED) is 0.601. The molecular weight excluding hydrogens is 328 g/mol. The van der Waals surface area contributed by atoms with Gasteiger partial charge in [-0.25, -0.2) is 14.2 Å². The summed E-state index contributed by atoms with van der Waals surface area (Å²) in [7, 11) is 0. The van der Waals surface area contributed by atoms with E-state index >= 15 is 0 Å². The Balaban J connectivity index is 2.43. The van der Waals surface area contributed by atoms with E-state index in [9.17, 15) is 22.4 Å². The molecule has 0 saturated carbocycles. The smallest absolute Gasteiger partial charge is 0.434 e. The molecule has 130 valence electrons. The van der Waals surface area contributed by atoms with E-state index in [1.807, 2.05) is 0 Å². The zero-order valence-corrected chi connectivity index (χ0v) is 13.1. The maximum absolute atomic E-state index is 12.9. The van der Waals surface area contributed by atoms with Crippen LogP contribution in [0.3, 0.4) is 0 Å². The monoisotopic (exact) mass is 344 g/mol. The molecule has 2 aromatic rings. The lowest BCUT2D eigenvalue weighted by Gasteiger charge is -2.13. The first-order valence-electron chi connectivity index (χ1n) is 7.27. The predicted octanol–water partition coefficient (Wildman–Crippen LogP) is 4.28. The van der Waals surface area contributed by atoms with Crippen molar-refractivity contribution in [2.24, 2.45) is 0 Å². The Morgan fingerprint density at radius 3 is 2.42 bits per heavy atom. The van der Waals surface area contributed by atoms with E-state index in [0.29, 0.717) is 5.56 Å². The number of hydrogen-bond donors (Lipinski definition) is 0. The number of carbonyl (C=O) groups is 1. The Bertz CT molecular complexity index is 708. The van der Waals surface area contributed by atoms with E-state index in [-0.39, 0.29) is 18.0 Å². The molecule has 0 fully saturated rings. The number of halogens is 4.